The number of ether oxygens (including phenoxy) is 1. The predicted octanol–water partition coefficient (Wildman–Crippen LogP) is 2.56. The highest BCUT2D eigenvalue weighted by Gasteiger charge is 2.30. The van der Waals surface area contributed by atoms with E-state index in [1.807, 2.05) is 12.1 Å². The number of hydrogen-bond acceptors (Lipinski definition) is 4. The van der Waals surface area contributed by atoms with Crippen molar-refractivity contribution in [3.05, 3.63) is 29.3 Å². The van der Waals surface area contributed by atoms with Crippen molar-refractivity contribution in [2.24, 2.45) is 5.92 Å². The molecule has 1 aromatic carbocycles. The van der Waals surface area contributed by atoms with Crippen molar-refractivity contribution in [2.45, 2.75) is 25.8 Å². The molecular weight excluding hydrogens is 262 g/mol. The Kier molecular flexibility index (Phi) is 5.60. The second-order valence-electron chi connectivity index (χ2n) is 5.71. The Morgan fingerprint density at radius 3 is 2.95 bits per heavy atom. The molecule has 0 saturated carbocycles. The molecule has 1 fully saturated rings. The van der Waals surface area contributed by atoms with E-state index >= 15 is 0 Å². The highest BCUT2D eigenvalue weighted by atomic mass is 16.5. The lowest BCUT2D eigenvalue weighted by molar-refractivity contribution is 0.120. The van der Waals surface area contributed by atoms with Gasteiger partial charge in [-0.3, -0.25) is 4.90 Å². The van der Waals surface area contributed by atoms with Crippen molar-refractivity contribution < 1.29 is 4.74 Å². The number of nitrogens with one attached hydrogen (secondary N) is 1. The highest BCUT2D eigenvalue weighted by Crippen LogP contribution is 2.36. The van der Waals surface area contributed by atoms with Gasteiger partial charge in [0.15, 0.2) is 0 Å². The van der Waals surface area contributed by atoms with E-state index in [4.69, 9.17) is 4.74 Å². The van der Waals surface area contributed by atoms with Crippen LogP contribution in [0.3, 0.4) is 0 Å². The molecule has 1 heterocycles. The minimum atomic E-state index is 0.371. The third kappa shape index (κ3) is 3.55. The first kappa shape index (κ1) is 15.8. The second-order valence-corrected chi connectivity index (χ2v) is 5.71. The molecule has 1 saturated heterocycles. The summed E-state index contributed by atoms with van der Waals surface area (Å²) in [7, 11) is 3.79. The molecule has 114 valence electrons. The standard InChI is InChI=1S/C17H25N3O/c1-4-19-12-14-6-5-9-20(2)17(14)13-7-8-16(21-3)15(10-13)11-18/h7-8,10,14,17,19H,4-6,9,12H2,1-3H3. The zero-order valence-corrected chi connectivity index (χ0v) is 13.2. The highest BCUT2D eigenvalue weighted by molar-refractivity contribution is 5.46. The van der Waals surface area contributed by atoms with E-state index < -0.39 is 0 Å². The number of likely N-dealkylation sites (tertiary alicyclic amines) is 1. The smallest absolute Gasteiger partial charge is 0.136 e. The van der Waals surface area contributed by atoms with Crippen LogP contribution in [0, 0.1) is 17.2 Å². The van der Waals surface area contributed by atoms with Crippen LogP contribution in [0.4, 0.5) is 0 Å². The lowest BCUT2D eigenvalue weighted by atomic mass is 9.84. The van der Waals surface area contributed by atoms with Crippen molar-refractivity contribution in [1.82, 2.24) is 10.2 Å². The van der Waals surface area contributed by atoms with Crippen LogP contribution in [-0.2, 0) is 0 Å². The molecule has 2 atom stereocenters. The van der Waals surface area contributed by atoms with Crippen LogP contribution in [0.25, 0.3) is 0 Å². The van der Waals surface area contributed by atoms with Gasteiger partial charge in [-0.05, 0) is 63.1 Å². The Morgan fingerprint density at radius 2 is 2.29 bits per heavy atom. The van der Waals surface area contributed by atoms with Crippen LogP contribution in [0.1, 0.15) is 36.9 Å². The molecular formula is C17H25N3O. The van der Waals surface area contributed by atoms with E-state index in [0.29, 0.717) is 23.3 Å². The maximum Gasteiger partial charge on any atom is 0.136 e. The summed E-state index contributed by atoms with van der Waals surface area (Å²) < 4.78 is 5.25. The third-order valence-electron chi connectivity index (χ3n) is 4.35. The van der Waals surface area contributed by atoms with Gasteiger partial charge in [-0.2, -0.15) is 5.26 Å². The number of piperidine rings is 1. The molecule has 0 radical (unpaired) electrons. The number of nitriles is 1. The fraction of sp³-hybridized carbons (Fsp3) is 0.588. The van der Waals surface area contributed by atoms with Gasteiger partial charge in [-0.15, -0.1) is 0 Å². The fourth-order valence-electron chi connectivity index (χ4n) is 3.33. The summed E-state index contributed by atoms with van der Waals surface area (Å²) in [5.41, 5.74) is 1.84. The van der Waals surface area contributed by atoms with Crippen molar-refractivity contribution >= 4 is 0 Å². The summed E-state index contributed by atoms with van der Waals surface area (Å²) in [6.45, 7) is 5.28. The van der Waals surface area contributed by atoms with Gasteiger partial charge in [-0.25, -0.2) is 0 Å². The quantitative estimate of drug-likeness (QED) is 0.904. The molecule has 0 aromatic heterocycles. The van der Waals surface area contributed by atoms with E-state index in [-0.39, 0.29) is 0 Å². The normalized spacial score (nSPS) is 22.8. The summed E-state index contributed by atoms with van der Waals surface area (Å²) in [4.78, 5) is 2.41. The number of benzene rings is 1. The molecule has 0 spiro atoms. The SMILES string of the molecule is CCNCC1CCCN(C)C1c1ccc(OC)c(C#N)c1. The van der Waals surface area contributed by atoms with E-state index in [1.54, 1.807) is 7.11 Å². The Morgan fingerprint density at radius 1 is 1.48 bits per heavy atom. The summed E-state index contributed by atoms with van der Waals surface area (Å²) in [5.74, 6) is 1.24. The maximum atomic E-state index is 9.29. The molecule has 2 unspecified atom stereocenters. The van der Waals surface area contributed by atoms with Crippen LogP contribution in [0.15, 0.2) is 18.2 Å². The van der Waals surface area contributed by atoms with Gasteiger partial charge in [0.25, 0.3) is 0 Å². The fourth-order valence-corrected chi connectivity index (χ4v) is 3.33. The first-order valence-corrected chi connectivity index (χ1v) is 7.70. The van der Waals surface area contributed by atoms with Gasteiger partial charge in [-0.1, -0.05) is 13.0 Å². The molecule has 2 rings (SSSR count). The zero-order valence-electron chi connectivity index (χ0n) is 13.2. The minimum absolute atomic E-state index is 0.371. The lowest BCUT2D eigenvalue weighted by Gasteiger charge is -2.40. The molecule has 4 nitrogen and oxygen atoms in total. The molecule has 1 aliphatic heterocycles. The van der Waals surface area contributed by atoms with Crippen molar-refractivity contribution in [2.75, 3.05) is 33.8 Å². The van der Waals surface area contributed by atoms with Gasteiger partial charge >= 0.3 is 0 Å². The Bertz CT molecular complexity index is 509. The van der Waals surface area contributed by atoms with Gasteiger partial charge in [0.05, 0.1) is 12.7 Å². The van der Waals surface area contributed by atoms with Crippen LogP contribution < -0.4 is 10.1 Å². The molecule has 0 aliphatic carbocycles. The van der Waals surface area contributed by atoms with Gasteiger partial charge in [0.2, 0.25) is 0 Å². The summed E-state index contributed by atoms with van der Waals surface area (Å²) in [6, 6.07) is 8.62. The van der Waals surface area contributed by atoms with E-state index in [0.717, 1.165) is 19.6 Å². The average Bonchev–Trinajstić information content (AvgIpc) is 2.52. The van der Waals surface area contributed by atoms with Crippen LogP contribution in [-0.4, -0.2) is 38.7 Å². The van der Waals surface area contributed by atoms with Gasteiger partial charge in [0.1, 0.15) is 11.8 Å². The van der Waals surface area contributed by atoms with E-state index in [1.165, 1.54) is 18.4 Å². The number of methoxy groups -OCH3 is 1. The summed E-state index contributed by atoms with van der Waals surface area (Å²) in [6.07, 6.45) is 2.47. The Labute approximate surface area is 127 Å². The van der Waals surface area contributed by atoms with Crippen LogP contribution >= 0.6 is 0 Å². The molecule has 4 heteroatoms. The Hall–Kier alpha value is -1.57. The Balaban J connectivity index is 2.29. The molecule has 1 aliphatic rings. The lowest BCUT2D eigenvalue weighted by Crippen LogP contribution is -2.40. The van der Waals surface area contributed by atoms with Crippen molar-refractivity contribution in [1.29, 1.82) is 5.26 Å². The first-order valence-electron chi connectivity index (χ1n) is 7.70. The van der Waals surface area contributed by atoms with Gasteiger partial charge in [0, 0.05) is 6.04 Å². The molecule has 1 aromatic rings. The summed E-state index contributed by atoms with van der Waals surface area (Å²) in [5, 5.41) is 12.8. The van der Waals surface area contributed by atoms with Crippen molar-refractivity contribution in [3.8, 4) is 11.8 Å². The van der Waals surface area contributed by atoms with Crippen molar-refractivity contribution in [3.63, 3.8) is 0 Å². The van der Waals surface area contributed by atoms with E-state index in [9.17, 15) is 5.26 Å². The van der Waals surface area contributed by atoms with Gasteiger partial charge < -0.3 is 10.1 Å². The van der Waals surface area contributed by atoms with E-state index in [2.05, 4.69) is 36.3 Å². The molecule has 21 heavy (non-hydrogen) atoms. The molecule has 0 amide bonds. The zero-order chi connectivity index (χ0) is 15.2. The molecule has 0 bridgehead atoms. The largest absolute Gasteiger partial charge is 0.495 e. The number of nitrogens with zero attached hydrogens (tertiary/aromatic N) is 2. The number of hydrogen-bond donors (Lipinski definition) is 1. The third-order valence-corrected chi connectivity index (χ3v) is 4.35. The predicted molar refractivity (Wildman–Crippen MR) is 84.3 cm³/mol. The molecule has 1 N–H and O–H groups in total. The second kappa shape index (κ2) is 7.44. The van der Waals surface area contributed by atoms with Crippen LogP contribution in [0.5, 0.6) is 5.75 Å². The first-order chi connectivity index (χ1) is 10.2. The monoisotopic (exact) mass is 287 g/mol. The number of rotatable bonds is 5. The van der Waals surface area contributed by atoms with Crippen LogP contribution in [0.2, 0.25) is 0 Å². The summed E-state index contributed by atoms with van der Waals surface area (Å²) >= 11 is 0. The maximum absolute atomic E-state index is 9.29. The minimum Gasteiger partial charge on any atom is -0.495 e. The topological polar surface area (TPSA) is 48.3 Å². The average molecular weight is 287 g/mol.